The molecule has 0 atom stereocenters. The summed E-state index contributed by atoms with van der Waals surface area (Å²) in [5, 5.41) is 0. The summed E-state index contributed by atoms with van der Waals surface area (Å²) in [7, 11) is -2.30. The standard InChI is InChI=1S/C25H33N3O4S/c1-32-24-12-11-22(17-23(24)25(29)28-15-5-6-16-28)33(30,31)26-18-20-7-9-21(10-8-20)19-27-13-3-2-4-14-27/h7-12,17,26H,2-6,13-16,18-19H2,1H3. The van der Waals surface area contributed by atoms with Gasteiger partial charge in [-0.3, -0.25) is 9.69 Å². The second-order valence-electron chi connectivity index (χ2n) is 8.84. The summed E-state index contributed by atoms with van der Waals surface area (Å²) in [6, 6.07) is 12.5. The summed E-state index contributed by atoms with van der Waals surface area (Å²) in [5.74, 6) is 0.195. The summed E-state index contributed by atoms with van der Waals surface area (Å²) in [4.78, 5) is 17.2. The Morgan fingerprint density at radius 1 is 0.909 bits per heavy atom. The predicted molar refractivity (Wildman–Crippen MR) is 128 cm³/mol. The van der Waals surface area contributed by atoms with E-state index < -0.39 is 10.0 Å². The fraction of sp³-hybridized carbons (Fsp3) is 0.480. The third-order valence-corrected chi connectivity index (χ3v) is 7.85. The van der Waals surface area contributed by atoms with Gasteiger partial charge in [-0.1, -0.05) is 30.7 Å². The van der Waals surface area contributed by atoms with Gasteiger partial charge in [-0.25, -0.2) is 13.1 Å². The Kier molecular flexibility index (Phi) is 7.67. The second kappa shape index (κ2) is 10.7. The largest absolute Gasteiger partial charge is 0.496 e. The van der Waals surface area contributed by atoms with Gasteiger partial charge in [0.2, 0.25) is 10.0 Å². The molecule has 2 aromatic carbocycles. The van der Waals surface area contributed by atoms with Gasteiger partial charge < -0.3 is 9.64 Å². The number of sulfonamides is 1. The molecule has 0 unspecified atom stereocenters. The van der Waals surface area contributed by atoms with Crippen molar-refractivity contribution in [2.24, 2.45) is 0 Å². The lowest BCUT2D eigenvalue weighted by Gasteiger charge is -2.26. The number of carbonyl (C=O) groups excluding carboxylic acids is 1. The number of hydrogen-bond donors (Lipinski definition) is 1. The molecule has 0 radical (unpaired) electrons. The van der Waals surface area contributed by atoms with Crippen molar-refractivity contribution >= 4 is 15.9 Å². The normalized spacial score (nSPS) is 17.3. The molecule has 2 aliphatic heterocycles. The summed E-state index contributed by atoms with van der Waals surface area (Å²) >= 11 is 0. The third-order valence-electron chi connectivity index (χ3n) is 6.45. The van der Waals surface area contributed by atoms with E-state index in [1.807, 2.05) is 12.1 Å². The number of benzene rings is 2. The van der Waals surface area contributed by atoms with Crippen LogP contribution in [-0.4, -0.2) is 57.4 Å². The van der Waals surface area contributed by atoms with Crippen LogP contribution in [0.25, 0.3) is 0 Å². The number of hydrogen-bond acceptors (Lipinski definition) is 5. The van der Waals surface area contributed by atoms with E-state index in [-0.39, 0.29) is 22.9 Å². The Balaban J connectivity index is 1.41. The van der Waals surface area contributed by atoms with E-state index in [0.717, 1.165) is 38.0 Å². The zero-order chi connectivity index (χ0) is 23.3. The van der Waals surface area contributed by atoms with Gasteiger partial charge in [-0.05, 0) is 68.1 Å². The first-order valence-corrected chi connectivity index (χ1v) is 13.2. The fourth-order valence-electron chi connectivity index (χ4n) is 4.51. The number of ether oxygens (including phenoxy) is 1. The van der Waals surface area contributed by atoms with Crippen molar-refractivity contribution in [3.63, 3.8) is 0 Å². The van der Waals surface area contributed by atoms with Gasteiger partial charge >= 0.3 is 0 Å². The molecule has 2 fully saturated rings. The first kappa shape index (κ1) is 23.7. The van der Waals surface area contributed by atoms with E-state index in [1.54, 1.807) is 11.0 Å². The highest BCUT2D eigenvalue weighted by Gasteiger charge is 2.25. The lowest BCUT2D eigenvalue weighted by Crippen LogP contribution is -2.29. The van der Waals surface area contributed by atoms with Crippen LogP contribution in [0.3, 0.4) is 0 Å². The molecule has 0 bridgehead atoms. The number of nitrogens with one attached hydrogen (secondary N) is 1. The molecule has 2 saturated heterocycles. The Morgan fingerprint density at radius 3 is 2.21 bits per heavy atom. The molecule has 8 heteroatoms. The maximum atomic E-state index is 12.9. The highest BCUT2D eigenvalue weighted by molar-refractivity contribution is 7.89. The Labute approximate surface area is 196 Å². The highest BCUT2D eigenvalue weighted by atomic mass is 32.2. The Morgan fingerprint density at radius 2 is 1.55 bits per heavy atom. The maximum absolute atomic E-state index is 12.9. The molecule has 1 N–H and O–H groups in total. The van der Waals surface area contributed by atoms with Crippen LogP contribution < -0.4 is 9.46 Å². The van der Waals surface area contributed by atoms with E-state index in [2.05, 4.69) is 21.8 Å². The van der Waals surface area contributed by atoms with Gasteiger partial charge in [0.1, 0.15) is 5.75 Å². The Bertz CT molecular complexity index is 1060. The van der Waals surface area contributed by atoms with Gasteiger partial charge in [-0.2, -0.15) is 0 Å². The minimum Gasteiger partial charge on any atom is -0.496 e. The highest BCUT2D eigenvalue weighted by Crippen LogP contribution is 2.25. The minimum atomic E-state index is -3.78. The number of piperidine rings is 1. The quantitative estimate of drug-likeness (QED) is 0.639. The van der Waals surface area contributed by atoms with E-state index >= 15 is 0 Å². The number of nitrogens with zero attached hydrogens (tertiary/aromatic N) is 2. The van der Waals surface area contributed by atoms with Gasteiger partial charge in [0, 0.05) is 26.2 Å². The number of methoxy groups -OCH3 is 1. The van der Waals surface area contributed by atoms with Crippen LogP contribution in [0.5, 0.6) is 5.75 Å². The first-order valence-electron chi connectivity index (χ1n) is 11.7. The average molecular weight is 472 g/mol. The fourth-order valence-corrected chi connectivity index (χ4v) is 5.56. The number of likely N-dealkylation sites (tertiary alicyclic amines) is 2. The van der Waals surface area contributed by atoms with Crippen LogP contribution >= 0.6 is 0 Å². The molecule has 178 valence electrons. The first-order chi connectivity index (χ1) is 16.0. The molecule has 0 spiro atoms. The average Bonchev–Trinajstić information content (AvgIpc) is 3.38. The molecule has 7 nitrogen and oxygen atoms in total. The zero-order valence-corrected chi connectivity index (χ0v) is 20.1. The smallest absolute Gasteiger partial charge is 0.257 e. The molecular weight excluding hydrogens is 438 g/mol. The molecule has 0 aromatic heterocycles. The van der Waals surface area contributed by atoms with Gasteiger partial charge in [0.05, 0.1) is 17.6 Å². The Hall–Kier alpha value is -2.42. The van der Waals surface area contributed by atoms with Crippen LogP contribution in [0, 0.1) is 0 Å². The minimum absolute atomic E-state index is 0.0626. The summed E-state index contributed by atoms with van der Waals surface area (Å²) < 4.78 is 33.9. The molecule has 0 saturated carbocycles. The van der Waals surface area contributed by atoms with E-state index in [0.29, 0.717) is 18.8 Å². The van der Waals surface area contributed by atoms with Crippen molar-refractivity contribution in [3.8, 4) is 5.75 Å². The van der Waals surface area contributed by atoms with Crippen LogP contribution in [-0.2, 0) is 23.1 Å². The summed E-state index contributed by atoms with van der Waals surface area (Å²) in [6.45, 7) is 4.78. The van der Waals surface area contributed by atoms with Gasteiger partial charge in [0.15, 0.2) is 0 Å². The summed E-state index contributed by atoms with van der Waals surface area (Å²) in [6.07, 6.45) is 5.76. The molecule has 0 aliphatic carbocycles. The lowest BCUT2D eigenvalue weighted by molar-refractivity contribution is 0.0789. The maximum Gasteiger partial charge on any atom is 0.257 e. The summed E-state index contributed by atoms with van der Waals surface area (Å²) in [5.41, 5.74) is 2.41. The van der Waals surface area contributed by atoms with E-state index in [1.165, 1.54) is 44.1 Å². The van der Waals surface area contributed by atoms with Crippen LogP contribution in [0.1, 0.15) is 53.6 Å². The third kappa shape index (κ3) is 5.93. The zero-order valence-electron chi connectivity index (χ0n) is 19.3. The second-order valence-corrected chi connectivity index (χ2v) is 10.6. The topological polar surface area (TPSA) is 79.0 Å². The van der Waals surface area contributed by atoms with E-state index in [4.69, 9.17) is 4.74 Å². The van der Waals surface area contributed by atoms with Crippen molar-refractivity contribution in [2.45, 2.75) is 50.1 Å². The van der Waals surface area contributed by atoms with Crippen molar-refractivity contribution in [3.05, 3.63) is 59.2 Å². The van der Waals surface area contributed by atoms with Crippen LogP contribution in [0.4, 0.5) is 0 Å². The van der Waals surface area contributed by atoms with Gasteiger partial charge in [-0.15, -0.1) is 0 Å². The van der Waals surface area contributed by atoms with E-state index in [9.17, 15) is 13.2 Å². The molecule has 4 rings (SSSR count). The monoisotopic (exact) mass is 471 g/mol. The molecule has 2 aromatic rings. The van der Waals surface area contributed by atoms with Crippen molar-refractivity contribution in [2.75, 3.05) is 33.3 Å². The number of rotatable bonds is 8. The van der Waals surface area contributed by atoms with Crippen LogP contribution in [0.2, 0.25) is 0 Å². The molecule has 2 heterocycles. The number of carbonyl (C=O) groups is 1. The van der Waals surface area contributed by atoms with Crippen molar-refractivity contribution in [1.82, 2.24) is 14.5 Å². The van der Waals surface area contributed by atoms with Crippen molar-refractivity contribution in [1.29, 1.82) is 0 Å². The van der Waals surface area contributed by atoms with Crippen LogP contribution in [0.15, 0.2) is 47.4 Å². The van der Waals surface area contributed by atoms with Crippen molar-refractivity contribution < 1.29 is 17.9 Å². The molecule has 33 heavy (non-hydrogen) atoms. The molecule has 1 amide bonds. The predicted octanol–water partition coefficient (Wildman–Crippen LogP) is 3.40. The molecule has 2 aliphatic rings. The SMILES string of the molecule is COc1ccc(S(=O)(=O)NCc2ccc(CN3CCCCC3)cc2)cc1C(=O)N1CCCC1. The number of amides is 1. The van der Waals surface area contributed by atoms with Gasteiger partial charge in [0.25, 0.3) is 5.91 Å². The molecular formula is C25H33N3O4S. The lowest BCUT2D eigenvalue weighted by atomic mass is 10.1.